The second-order valence-electron chi connectivity index (χ2n) is 5.16. The van der Waals surface area contributed by atoms with E-state index < -0.39 is 20.3 Å². The summed E-state index contributed by atoms with van der Waals surface area (Å²) in [5.41, 5.74) is -0.641. The van der Waals surface area contributed by atoms with Crippen LogP contribution < -0.4 is 4.74 Å². The predicted octanol–water partition coefficient (Wildman–Crippen LogP) is 3.33. The van der Waals surface area contributed by atoms with Gasteiger partial charge < -0.3 is 9.47 Å². The van der Waals surface area contributed by atoms with Gasteiger partial charge in [0.2, 0.25) is 9.05 Å². The summed E-state index contributed by atoms with van der Waals surface area (Å²) < 4.78 is 47.9. The highest BCUT2D eigenvalue weighted by Crippen LogP contribution is 2.34. The lowest BCUT2D eigenvalue weighted by Gasteiger charge is -2.35. The number of hydrogen-bond acceptors (Lipinski definition) is 4. The van der Waals surface area contributed by atoms with Gasteiger partial charge in [0.15, 0.2) is 11.6 Å². The van der Waals surface area contributed by atoms with Crippen molar-refractivity contribution in [2.24, 2.45) is 5.41 Å². The topological polar surface area (TPSA) is 52.6 Å². The minimum absolute atomic E-state index is 0.0842. The molecule has 1 aromatic rings. The van der Waals surface area contributed by atoms with Crippen molar-refractivity contribution >= 4 is 35.7 Å². The van der Waals surface area contributed by atoms with Gasteiger partial charge in [-0.3, -0.25) is 0 Å². The van der Waals surface area contributed by atoms with Crippen molar-refractivity contribution < 1.29 is 22.3 Å². The Morgan fingerprint density at radius 1 is 1.38 bits per heavy atom. The zero-order valence-electron chi connectivity index (χ0n) is 11.1. The molecule has 0 saturated carbocycles. The fraction of sp³-hybridized carbons (Fsp3) is 0.538. The highest BCUT2D eigenvalue weighted by atomic mass is 79.9. The first-order valence-electron chi connectivity index (χ1n) is 6.38. The van der Waals surface area contributed by atoms with Crippen molar-refractivity contribution in [1.29, 1.82) is 0 Å². The highest BCUT2D eigenvalue weighted by molar-refractivity contribution is 9.10. The summed E-state index contributed by atoms with van der Waals surface area (Å²) in [6.07, 6.45) is 1.02. The van der Waals surface area contributed by atoms with Crippen molar-refractivity contribution in [3.05, 3.63) is 28.5 Å². The summed E-state index contributed by atoms with van der Waals surface area (Å²) in [4.78, 5) is 0. The maximum Gasteiger partial charge on any atom is 0.233 e. The number of rotatable bonds is 5. The molecule has 1 aliphatic heterocycles. The Kier molecular flexibility index (Phi) is 5.51. The van der Waals surface area contributed by atoms with Crippen molar-refractivity contribution in [3.63, 3.8) is 0 Å². The van der Waals surface area contributed by atoms with Gasteiger partial charge in [-0.1, -0.05) is 15.9 Å². The molecular weight excluding hydrogens is 387 g/mol. The molecule has 4 nitrogen and oxygen atoms in total. The normalized spacial score (nSPS) is 18.4. The van der Waals surface area contributed by atoms with Crippen LogP contribution in [-0.2, 0) is 13.8 Å². The van der Waals surface area contributed by atoms with Gasteiger partial charge in [0.05, 0.1) is 12.4 Å². The zero-order chi connectivity index (χ0) is 15.5. The molecule has 0 unspecified atom stereocenters. The maximum atomic E-state index is 13.7. The molecular formula is C13H15BrClFO4S. The Bertz CT molecular complexity index is 602. The fourth-order valence-corrected chi connectivity index (χ4v) is 4.45. The van der Waals surface area contributed by atoms with E-state index in [9.17, 15) is 12.8 Å². The molecule has 21 heavy (non-hydrogen) atoms. The minimum atomic E-state index is -3.67. The van der Waals surface area contributed by atoms with Crippen LogP contribution in [0.5, 0.6) is 5.75 Å². The molecule has 1 saturated heterocycles. The smallest absolute Gasteiger partial charge is 0.233 e. The first-order valence-corrected chi connectivity index (χ1v) is 9.65. The van der Waals surface area contributed by atoms with Crippen molar-refractivity contribution in [2.45, 2.75) is 12.8 Å². The van der Waals surface area contributed by atoms with E-state index in [0.717, 1.165) is 0 Å². The molecule has 1 aliphatic rings. The molecule has 0 aliphatic carbocycles. The third-order valence-corrected chi connectivity index (χ3v) is 5.24. The SMILES string of the molecule is O=S(=O)(Cl)CC1(COc2ccc(Br)cc2F)CCOCC1. The van der Waals surface area contributed by atoms with Gasteiger partial charge in [-0.15, -0.1) is 0 Å². The van der Waals surface area contributed by atoms with Crippen LogP contribution in [0.4, 0.5) is 4.39 Å². The van der Waals surface area contributed by atoms with Gasteiger partial charge in [0.25, 0.3) is 0 Å². The van der Waals surface area contributed by atoms with E-state index >= 15 is 0 Å². The maximum absolute atomic E-state index is 13.7. The average Bonchev–Trinajstić information content (AvgIpc) is 2.37. The number of halogens is 3. The summed E-state index contributed by atoms with van der Waals surface area (Å²) in [5.74, 6) is -0.611. The highest BCUT2D eigenvalue weighted by Gasteiger charge is 2.38. The van der Waals surface area contributed by atoms with Crippen molar-refractivity contribution in [2.75, 3.05) is 25.6 Å². The van der Waals surface area contributed by atoms with Gasteiger partial charge in [0.1, 0.15) is 0 Å². The molecule has 8 heteroatoms. The Morgan fingerprint density at radius 2 is 2.05 bits per heavy atom. The molecule has 0 amide bonds. The lowest BCUT2D eigenvalue weighted by molar-refractivity contribution is 0.00163. The van der Waals surface area contributed by atoms with Crippen molar-refractivity contribution in [1.82, 2.24) is 0 Å². The molecule has 0 spiro atoms. The van der Waals surface area contributed by atoms with Crippen molar-refractivity contribution in [3.8, 4) is 5.75 Å². The largest absolute Gasteiger partial charge is 0.490 e. The summed E-state index contributed by atoms with van der Waals surface area (Å²) in [7, 11) is 1.72. The molecule has 0 radical (unpaired) electrons. The second kappa shape index (κ2) is 6.81. The Labute approximate surface area is 136 Å². The van der Waals surface area contributed by atoms with Crippen LogP contribution in [0.25, 0.3) is 0 Å². The molecule has 2 rings (SSSR count). The summed E-state index contributed by atoms with van der Waals surface area (Å²) in [6.45, 7) is 0.970. The quantitative estimate of drug-likeness (QED) is 0.710. The van der Waals surface area contributed by atoms with Crippen LogP contribution in [0.2, 0.25) is 0 Å². The Hall–Kier alpha value is -0.370. The minimum Gasteiger partial charge on any atom is -0.490 e. The third-order valence-electron chi connectivity index (χ3n) is 3.46. The van der Waals surface area contributed by atoms with Crippen LogP contribution in [-0.4, -0.2) is 34.0 Å². The van der Waals surface area contributed by atoms with E-state index in [0.29, 0.717) is 30.5 Å². The van der Waals surface area contributed by atoms with Crippen LogP contribution in [0.15, 0.2) is 22.7 Å². The summed E-state index contributed by atoms with van der Waals surface area (Å²) in [6, 6.07) is 4.46. The molecule has 0 N–H and O–H groups in total. The number of ether oxygens (including phenoxy) is 2. The lowest BCUT2D eigenvalue weighted by Crippen LogP contribution is -2.40. The Balaban J connectivity index is 2.12. The Morgan fingerprint density at radius 3 is 2.62 bits per heavy atom. The van der Waals surface area contributed by atoms with E-state index in [1.807, 2.05) is 0 Å². The van der Waals surface area contributed by atoms with E-state index in [4.69, 9.17) is 20.2 Å². The first-order chi connectivity index (χ1) is 9.80. The molecule has 118 valence electrons. The monoisotopic (exact) mass is 400 g/mol. The summed E-state index contributed by atoms with van der Waals surface area (Å²) >= 11 is 3.17. The molecule has 1 fully saturated rings. The van der Waals surface area contributed by atoms with E-state index in [2.05, 4.69) is 15.9 Å². The lowest BCUT2D eigenvalue weighted by atomic mass is 9.83. The molecule has 0 bridgehead atoms. The molecule has 0 aromatic heterocycles. The van der Waals surface area contributed by atoms with Crippen LogP contribution in [0, 0.1) is 11.2 Å². The van der Waals surface area contributed by atoms with Gasteiger partial charge in [-0.2, -0.15) is 0 Å². The molecule has 0 atom stereocenters. The van der Waals surface area contributed by atoms with Gasteiger partial charge in [-0.05, 0) is 31.0 Å². The second-order valence-corrected chi connectivity index (χ2v) is 8.85. The van der Waals surface area contributed by atoms with Crippen LogP contribution >= 0.6 is 26.6 Å². The molecule has 1 aromatic carbocycles. The van der Waals surface area contributed by atoms with Gasteiger partial charge in [-0.25, -0.2) is 12.8 Å². The first kappa shape index (κ1) is 17.0. The summed E-state index contributed by atoms with van der Waals surface area (Å²) in [5, 5.41) is 0. The number of hydrogen-bond donors (Lipinski definition) is 0. The van der Waals surface area contributed by atoms with Crippen LogP contribution in [0.1, 0.15) is 12.8 Å². The van der Waals surface area contributed by atoms with E-state index in [1.54, 1.807) is 6.07 Å². The number of benzene rings is 1. The zero-order valence-corrected chi connectivity index (χ0v) is 14.3. The van der Waals surface area contributed by atoms with E-state index in [-0.39, 0.29) is 18.1 Å². The average molecular weight is 402 g/mol. The predicted molar refractivity (Wildman–Crippen MR) is 81.7 cm³/mol. The van der Waals surface area contributed by atoms with Gasteiger partial charge >= 0.3 is 0 Å². The molecule has 1 heterocycles. The standard InChI is InChI=1S/C13H15BrClFO4S/c14-10-1-2-12(11(16)7-10)20-8-13(9-21(15,17)18)3-5-19-6-4-13/h1-2,7H,3-6,8-9H2. The fourth-order valence-electron chi connectivity index (χ4n) is 2.32. The third kappa shape index (κ3) is 5.09. The van der Waals surface area contributed by atoms with E-state index in [1.165, 1.54) is 12.1 Å². The van der Waals surface area contributed by atoms with Crippen LogP contribution in [0.3, 0.4) is 0 Å². The van der Waals surface area contributed by atoms with Gasteiger partial charge in [0, 0.05) is 33.8 Å².